The molecule has 2 atom stereocenters. The molecule has 0 radical (unpaired) electrons. The van der Waals surface area contributed by atoms with E-state index in [2.05, 4.69) is 36.9 Å². The molecule has 17 heavy (non-hydrogen) atoms. The van der Waals surface area contributed by atoms with Crippen LogP contribution in [0, 0.1) is 5.41 Å². The van der Waals surface area contributed by atoms with Crippen molar-refractivity contribution in [2.24, 2.45) is 5.41 Å². The summed E-state index contributed by atoms with van der Waals surface area (Å²) in [4.78, 5) is 12.0. The largest absolute Gasteiger partial charge is 0.288 e. The lowest BCUT2D eigenvalue weighted by Crippen LogP contribution is -2.54. The Hall–Kier alpha value is -0.220. The first kappa shape index (κ1) is 13.2. The molecule has 1 saturated heterocycles. The summed E-state index contributed by atoms with van der Waals surface area (Å²) in [7, 11) is 0. The summed E-state index contributed by atoms with van der Waals surface area (Å²) >= 11 is 4.35. The monoisotopic (exact) mass is 256 g/mol. The summed E-state index contributed by atoms with van der Waals surface area (Å²) in [6.07, 6.45) is 6.61. The fraction of sp³-hybridized carbons (Fsp3) is 0.923. The Balaban J connectivity index is 1.84. The molecule has 0 aromatic heterocycles. The average molecular weight is 256 g/mol. The van der Waals surface area contributed by atoms with Gasteiger partial charge in [0.2, 0.25) is 5.91 Å². The number of nitrogens with zero attached hydrogens (tertiary/aromatic N) is 1. The number of hydrazine groups is 1. The van der Waals surface area contributed by atoms with E-state index in [1.807, 2.05) is 0 Å². The van der Waals surface area contributed by atoms with Crippen molar-refractivity contribution in [2.75, 3.05) is 5.75 Å². The third-order valence-corrected chi connectivity index (χ3v) is 4.95. The Morgan fingerprint density at radius 1 is 1.35 bits per heavy atom. The molecule has 0 aromatic rings. The van der Waals surface area contributed by atoms with Crippen molar-refractivity contribution in [3.05, 3.63) is 0 Å². The second-order valence-corrected chi connectivity index (χ2v) is 6.22. The van der Waals surface area contributed by atoms with Crippen LogP contribution in [0.3, 0.4) is 0 Å². The van der Waals surface area contributed by atoms with Crippen LogP contribution in [0.5, 0.6) is 0 Å². The lowest BCUT2D eigenvalue weighted by Gasteiger charge is -2.39. The molecule has 4 heteroatoms. The van der Waals surface area contributed by atoms with Crippen molar-refractivity contribution in [3.63, 3.8) is 0 Å². The molecule has 1 aliphatic carbocycles. The van der Waals surface area contributed by atoms with Gasteiger partial charge in [0.15, 0.2) is 0 Å². The van der Waals surface area contributed by atoms with E-state index < -0.39 is 0 Å². The van der Waals surface area contributed by atoms with Crippen molar-refractivity contribution in [1.82, 2.24) is 10.4 Å². The van der Waals surface area contributed by atoms with Crippen LogP contribution in [0.25, 0.3) is 0 Å². The van der Waals surface area contributed by atoms with E-state index in [-0.39, 0.29) is 11.3 Å². The van der Waals surface area contributed by atoms with Gasteiger partial charge >= 0.3 is 0 Å². The van der Waals surface area contributed by atoms with E-state index in [0.29, 0.717) is 18.5 Å². The fourth-order valence-corrected chi connectivity index (χ4v) is 3.16. The molecule has 1 aliphatic heterocycles. The van der Waals surface area contributed by atoms with Gasteiger partial charge < -0.3 is 0 Å². The number of amides is 1. The van der Waals surface area contributed by atoms with E-state index in [1.165, 1.54) is 19.3 Å². The van der Waals surface area contributed by atoms with E-state index in [1.54, 1.807) is 0 Å². The molecule has 0 aromatic carbocycles. The summed E-state index contributed by atoms with van der Waals surface area (Å²) in [6.45, 7) is 4.39. The summed E-state index contributed by atoms with van der Waals surface area (Å²) < 4.78 is 0. The molecule has 98 valence electrons. The number of carbonyl (C=O) groups excluding carboxylic acids is 1. The van der Waals surface area contributed by atoms with Crippen LogP contribution in [0.15, 0.2) is 0 Å². The highest BCUT2D eigenvalue weighted by atomic mass is 32.1. The van der Waals surface area contributed by atoms with Gasteiger partial charge in [0.25, 0.3) is 0 Å². The minimum atomic E-state index is 0.178. The maximum atomic E-state index is 12.0. The molecule has 1 saturated carbocycles. The van der Waals surface area contributed by atoms with Gasteiger partial charge in [0.1, 0.15) is 0 Å². The predicted octanol–water partition coefficient (Wildman–Crippen LogP) is 2.38. The number of rotatable bonds is 4. The quantitative estimate of drug-likeness (QED) is 0.757. The number of nitrogens with one attached hydrogen (secondary N) is 1. The van der Waals surface area contributed by atoms with E-state index >= 15 is 0 Å². The molecule has 2 fully saturated rings. The SMILES string of the molecule is CC1CCCC(C)N1NC(=O)CC1(CS)CC1. The van der Waals surface area contributed by atoms with Crippen LogP contribution in [0.1, 0.15) is 52.4 Å². The molecule has 0 spiro atoms. The number of hydrogen-bond donors (Lipinski definition) is 2. The first-order chi connectivity index (χ1) is 8.06. The predicted molar refractivity (Wildman–Crippen MR) is 72.9 cm³/mol. The molecule has 1 amide bonds. The summed E-state index contributed by atoms with van der Waals surface area (Å²) in [6, 6.07) is 0.933. The second-order valence-electron chi connectivity index (χ2n) is 5.91. The molecular weight excluding hydrogens is 232 g/mol. The van der Waals surface area contributed by atoms with Crippen molar-refractivity contribution in [3.8, 4) is 0 Å². The normalized spacial score (nSPS) is 32.2. The number of piperidine rings is 1. The Kier molecular flexibility index (Phi) is 4.03. The highest BCUT2D eigenvalue weighted by Crippen LogP contribution is 2.49. The zero-order chi connectivity index (χ0) is 12.5. The molecule has 1 N–H and O–H groups in total. The van der Waals surface area contributed by atoms with E-state index in [0.717, 1.165) is 18.6 Å². The van der Waals surface area contributed by atoms with Gasteiger partial charge in [-0.05, 0) is 50.7 Å². The van der Waals surface area contributed by atoms with Crippen LogP contribution < -0.4 is 5.43 Å². The van der Waals surface area contributed by atoms with Crippen LogP contribution in [-0.2, 0) is 4.79 Å². The zero-order valence-corrected chi connectivity index (χ0v) is 11.8. The lowest BCUT2D eigenvalue weighted by atomic mass is 9.99. The molecule has 2 rings (SSSR count). The molecular formula is C13H24N2OS. The summed E-state index contributed by atoms with van der Waals surface area (Å²) in [5.41, 5.74) is 3.33. The topological polar surface area (TPSA) is 32.3 Å². The molecule has 2 aliphatic rings. The van der Waals surface area contributed by atoms with Crippen molar-refractivity contribution in [2.45, 2.75) is 64.5 Å². The van der Waals surface area contributed by atoms with Gasteiger partial charge in [0.05, 0.1) is 0 Å². The minimum Gasteiger partial charge on any atom is -0.288 e. The van der Waals surface area contributed by atoms with Crippen molar-refractivity contribution >= 4 is 18.5 Å². The smallest absolute Gasteiger partial charge is 0.234 e. The Labute approximate surface area is 110 Å². The third-order valence-electron chi connectivity index (χ3n) is 4.28. The van der Waals surface area contributed by atoms with Crippen LogP contribution in [-0.4, -0.2) is 28.8 Å². The van der Waals surface area contributed by atoms with Crippen LogP contribution in [0.4, 0.5) is 0 Å². The van der Waals surface area contributed by atoms with Crippen LogP contribution >= 0.6 is 12.6 Å². The lowest BCUT2D eigenvalue weighted by molar-refractivity contribution is -0.130. The average Bonchev–Trinajstić information content (AvgIpc) is 3.04. The van der Waals surface area contributed by atoms with Gasteiger partial charge in [-0.2, -0.15) is 12.6 Å². The van der Waals surface area contributed by atoms with Gasteiger partial charge in [-0.15, -0.1) is 0 Å². The Morgan fingerprint density at radius 2 is 1.94 bits per heavy atom. The highest BCUT2D eigenvalue weighted by molar-refractivity contribution is 7.80. The van der Waals surface area contributed by atoms with E-state index in [4.69, 9.17) is 0 Å². The summed E-state index contributed by atoms with van der Waals surface area (Å²) in [5, 5.41) is 2.15. The minimum absolute atomic E-state index is 0.178. The Morgan fingerprint density at radius 3 is 2.41 bits per heavy atom. The first-order valence-corrected chi connectivity index (χ1v) is 7.38. The number of thiol groups is 1. The second kappa shape index (κ2) is 5.19. The van der Waals surface area contributed by atoms with Crippen LogP contribution in [0.2, 0.25) is 0 Å². The molecule has 1 heterocycles. The zero-order valence-electron chi connectivity index (χ0n) is 10.9. The molecule has 2 unspecified atom stereocenters. The molecule has 3 nitrogen and oxygen atoms in total. The van der Waals surface area contributed by atoms with E-state index in [9.17, 15) is 4.79 Å². The first-order valence-electron chi connectivity index (χ1n) is 6.75. The summed E-state index contributed by atoms with van der Waals surface area (Å²) in [5.74, 6) is 1.02. The molecule has 0 bridgehead atoms. The fourth-order valence-electron chi connectivity index (χ4n) is 2.73. The number of carbonyl (C=O) groups is 1. The van der Waals surface area contributed by atoms with Gasteiger partial charge in [-0.3, -0.25) is 10.2 Å². The standard InChI is InChI=1S/C13H24N2OS/c1-10-4-3-5-11(2)15(10)14-12(16)8-13(9-17)6-7-13/h10-11,17H,3-9H2,1-2H3,(H,14,16). The van der Waals surface area contributed by atoms with Crippen molar-refractivity contribution in [1.29, 1.82) is 0 Å². The maximum absolute atomic E-state index is 12.0. The maximum Gasteiger partial charge on any atom is 0.234 e. The Bertz CT molecular complexity index is 281. The van der Waals surface area contributed by atoms with Crippen molar-refractivity contribution < 1.29 is 4.79 Å². The number of hydrogen-bond acceptors (Lipinski definition) is 3. The highest BCUT2D eigenvalue weighted by Gasteiger charge is 2.43. The van der Waals surface area contributed by atoms with Gasteiger partial charge in [-0.25, -0.2) is 5.01 Å². The van der Waals surface area contributed by atoms with Gasteiger partial charge in [-0.1, -0.05) is 6.42 Å². The van der Waals surface area contributed by atoms with Gasteiger partial charge in [0, 0.05) is 18.5 Å². The third kappa shape index (κ3) is 3.16.